The molecule has 5 rings (SSSR count). The van der Waals surface area contributed by atoms with Crippen molar-refractivity contribution >= 4 is 44.2 Å². The number of quaternary nitrogens is 1. The third-order valence-corrected chi connectivity index (χ3v) is 8.59. The van der Waals surface area contributed by atoms with Crippen LogP contribution in [0.5, 0.6) is 0 Å². The number of benzene rings is 4. The van der Waals surface area contributed by atoms with Crippen LogP contribution in [-0.2, 0) is 11.3 Å². The van der Waals surface area contributed by atoms with Gasteiger partial charge in [-0.2, -0.15) is 0 Å². The molecule has 228 valence electrons. The van der Waals surface area contributed by atoms with Crippen LogP contribution in [0.25, 0.3) is 44.0 Å². The molecule has 7 heteroatoms. The second kappa shape index (κ2) is 13.9. The lowest BCUT2D eigenvalue weighted by atomic mass is 10.00. The molecule has 0 N–H and O–H groups in total. The van der Waals surface area contributed by atoms with Gasteiger partial charge in [0.1, 0.15) is 5.82 Å². The molecular formula is C36H46BrN5O. The standard InChI is InChI=1S/C36H46N5O.BrH/c1-7-39(8-2)33(42)26-41(5,6)25-15-9-14-24-40-35-32-19-13-11-17-30(32)29-16-10-12-18-31(29)34(35)37-36(40)27-20-22-28(23-21-27)38(3)4;/h10-13,16-23H,7-9,14-15,24-26H2,1-6H3;1H/q+1;/p-1. The monoisotopic (exact) mass is 643 g/mol. The van der Waals surface area contributed by atoms with E-state index in [2.05, 4.69) is 124 Å². The molecule has 0 aliphatic heterocycles. The molecule has 43 heavy (non-hydrogen) atoms. The number of hydrogen-bond acceptors (Lipinski definition) is 3. The highest BCUT2D eigenvalue weighted by Gasteiger charge is 2.23. The van der Waals surface area contributed by atoms with E-state index in [1.54, 1.807) is 0 Å². The third kappa shape index (κ3) is 6.89. The normalized spacial score (nSPS) is 11.7. The van der Waals surface area contributed by atoms with Crippen LogP contribution < -0.4 is 21.9 Å². The van der Waals surface area contributed by atoms with Crippen LogP contribution in [0.3, 0.4) is 0 Å². The van der Waals surface area contributed by atoms with Crippen molar-refractivity contribution in [2.24, 2.45) is 0 Å². The van der Waals surface area contributed by atoms with Gasteiger partial charge in [-0.05, 0) is 68.1 Å². The van der Waals surface area contributed by atoms with Gasteiger partial charge in [-0.3, -0.25) is 4.79 Å². The lowest BCUT2D eigenvalue weighted by Gasteiger charge is -2.31. The Morgan fingerprint density at radius 3 is 1.98 bits per heavy atom. The molecule has 0 radical (unpaired) electrons. The summed E-state index contributed by atoms with van der Waals surface area (Å²) in [5.41, 5.74) is 4.61. The van der Waals surface area contributed by atoms with Crippen LogP contribution in [0.1, 0.15) is 33.1 Å². The number of carbonyl (C=O) groups excluding carboxylic acids is 1. The van der Waals surface area contributed by atoms with E-state index in [-0.39, 0.29) is 22.9 Å². The summed E-state index contributed by atoms with van der Waals surface area (Å²) < 4.78 is 3.18. The number of imidazole rings is 1. The lowest BCUT2D eigenvalue weighted by molar-refractivity contribution is -0.883. The number of anilines is 1. The Balaban J connectivity index is 0.00000423. The summed E-state index contributed by atoms with van der Waals surface area (Å²) >= 11 is 0. The van der Waals surface area contributed by atoms with Crippen molar-refractivity contribution in [2.45, 2.75) is 39.7 Å². The summed E-state index contributed by atoms with van der Waals surface area (Å²) in [6.07, 6.45) is 3.24. The molecule has 6 nitrogen and oxygen atoms in total. The summed E-state index contributed by atoms with van der Waals surface area (Å²) in [7, 11) is 8.50. The molecule has 4 aromatic carbocycles. The van der Waals surface area contributed by atoms with Gasteiger partial charge in [0, 0.05) is 55.8 Å². The van der Waals surface area contributed by atoms with Gasteiger partial charge in [-0.15, -0.1) is 0 Å². The van der Waals surface area contributed by atoms with E-state index in [1.807, 2.05) is 4.90 Å². The topological polar surface area (TPSA) is 41.4 Å². The van der Waals surface area contributed by atoms with Gasteiger partial charge in [-0.1, -0.05) is 48.5 Å². The number of nitrogens with zero attached hydrogens (tertiary/aromatic N) is 5. The lowest BCUT2D eigenvalue weighted by Crippen LogP contribution is -3.00. The van der Waals surface area contributed by atoms with E-state index in [9.17, 15) is 4.79 Å². The predicted octanol–water partition coefficient (Wildman–Crippen LogP) is 4.19. The number of hydrogen-bond donors (Lipinski definition) is 0. The molecule has 5 aromatic rings. The third-order valence-electron chi connectivity index (χ3n) is 8.59. The molecule has 0 aliphatic carbocycles. The van der Waals surface area contributed by atoms with Crippen molar-refractivity contribution in [3.05, 3.63) is 72.8 Å². The summed E-state index contributed by atoms with van der Waals surface area (Å²) in [6.45, 7) is 8.10. The Morgan fingerprint density at radius 1 is 0.791 bits per heavy atom. The first-order valence-corrected chi connectivity index (χ1v) is 15.4. The Morgan fingerprint density at radius 2 is 1.37 bits per heavy atom. The zero-order chi connectivity index (χ0) is 29.9. The molecule has 1 heterocycles. The van der Waals surface area contributed by atoms with Gasteiger partial charge >= 0.3 is 0 Å². The average molecular weight is 645 g/mol. The maximum absolute atomic E-state index is 12.7. The largest absolute Gasteiger partial charge is 1.00 e. The minimum absolute atomic E-state index is 0. The van der Waals surface area contributed by atoms with E-state index in [0.29, 0.717) is 6.54 Å². The van der Waals surface area contributed by atoms with Crippen LogP contribution in [0, 0.1) is 0 Å². The highest BCUT2D eigenvalue weighted by Crippen LogP contribution is 2.37. The number of likely N-dealkylation sites (N-methyl/N-ethyl adjacent to an activating group) is 2. The quantitative estimate of drug-likeness (QED) is 0.116. The SMILES string of the molecule is CCN(CC)C(=O)C[N+](C)(C)CCCCCn1c(-c2ccc(N(C)C)cc2)nc2c3ccccc3c3ccccc3c21.[Br-]. The van der Waals surface area contributed by atoms with E-state index in [0.717, 1.165) is 66.8 Å². The van der Waals surface area contributed by atoms with Gasteiger partial charge in [0.2, 0.25) is 0 Å². The van der Waals surface area contributed by atoms with Gasteiger partial charge in [0.15, 0.2) is 6.54 Å². The number of halogens is 1. The molecule has 0 bridgehead atoms. The van der Waals surface area contributed by atoms with Gasteiger partial charge < -0.3 is 35.8 Å². The molecule has 0 atom stereocenters. The highest BCUT2D eigenvalue weighted by atomic mass is 79.9. The van der Waals surface area contributed by atoms with Crippen LogP contribution in [0.4, 0.5) is 5.69 Å². The van der Waals surface area contributed by atoms with Crippen molar-refractivity contribution < 1.29 is 26.3 Å². The molecule has 0 aliphatic rings. The Bertz CT molecular complexity index is 1690. The Hall–Kier alpha value is -3.42. The van der Waals surface area contributed by atoms with E-state index < -0.39 is 0 Å². The number of fused-ring (bicyclic) bond motifs is 6. The second-order valence-electron chi connectivity index (χ2n) is 12.3. The van der Waals surface area contributed by atoms with E-state index in [1.165, 1.54) is 32.7 Å². The van der Waals surface area contributed by atoms with Crippen LogP contribution in [0.15, 0.2) is 72.8 Å². The summed E-state index contributed by atoms with van der Waals surface area (Å²) in [4.78, 5) is 22.1. The van der Waals surface area contributed by atoms with Crippen molar-refractivity contribution in [2.75, 3.05) is 59.3 Å². The molecule has 0 unspecified atom stereocenters. The predicted molar refractivity (Wildman–Crippen MR) is 178 cm³/mol. The number of carbonyl (C=O) groups is 1. The van der Waals surface area contributed by atoms with Crippen molar-refractivity contribution in [1.82, 2.24) is 14.5 Å². The summed E-state index contributed by atoms with van der Waals surface area (Å²) in [5, 5.41) is 4.97. The van der Waals surface area contributed by atoms with Crippen LogP contribution >= 0.6 is 0 Å². The number of rotatable bonds is 12. The van der Waals surface area contributed by atoms with Crippen LogP contribution in [0.2, 0.25) is 0 Å². The maximum atomic E-state index is 12.7. The van der Waals surface area contributed by atoms with Crippen molar-refractivity contribution in [1.29, 1.82) is 0 Å². The van der Waals surface area contributed by atoms with Crippen molar-refractivity contribution in [3.8, 4) is 11.4 Å². The minimum atomic E-state index is 0. The first-order valence-electron chi connectivity index (χ1n) is 15.4. The molecule has 1 aromatic heterocycles. The zero-order valence-corrected chi connectivity index (χ0v) is 28.2. The van der Waals surface area contributed by atoms with Gasteiger partial charge in [0.05, 0.1) is 31.7 Å². The average Bonchev–Trinajstić information content (AvgIpc) is 3.37. The van der Waals surface area contributed by atoms with Gasteiger partial charge in [0.25, 0.3) is 5.91 Å². The maximum Gasteiger partial charge on any atom is 0.277 e. The number of aromatic nitrogens is 2. The molecule has 0 fully saturated rings. The second-order valence-corrected chi connectivity index (χ2v) is 12.3. The minimum Gasteiger partial charge on any atom is -1.00 e. The van der Waals surface area contributed by atoms with Crippen LogP contribution in [-0.4, -0.2) is 79.2 Å². The number of unbranched alkanes of at least 4 members (excludes halogenated alkanes) is 2. The zero-order valence-electron chi connectivity index (χ0n) is 26.6. The fraction of sp³-hybridized carbons (Fsp3) is 0.389. The molecular weight excluding hydrogens is 598 g/mol. The van der Waals surface area contributed by atoms with Gasteiger partial charge in [-0.25, -0.2) is 4.98 Å². The highest BCUT2D eigenvalue weighted by molar-refractivity contribution is 6.23. The first kappa shape index (κ1) is 32.5. The Kier molecular flexibility index (Phi) is 10.5. The fourth-order valence-corrected chi connectivity index (χ4v) is 6.22. The number of amides is 1. The summed E-state index contributed by atoms with van der Waals surface area (Å²) in [6, 6.07) is 26.2. The molecule has 1 amide bonds. The molecule has 0 spiro atoms. The molecule has 0 saturated carbocycles. The number of aryl methyl sites for hydroxylation is 1. The van der Waals surface area contributed by atoms with E-state index >= 15 is 0 Å². The Labute approximate surface area is 267 Å². The van der Waals surface area contributed by atoms with Crippen molar-refractivity contribution in [3.63, 3.8) is 0 Å². The first-order chi connectivity index (χ1) is 20.2. The molecule has 0 saturated heterocycles. The summed E-state index contributed by atoms with van der Waals surface area (Å²) in [5.74, 6) is 1.27. The fourth-order valence-electron chi connectivity index (χ4n) is 6.22. The smallest absolute Gasteiger partial charge is 0.277 e. The van der Waals surface area contributed by atoms with E-state index in [4.69, 9.17) is 4.98 Å².